The van der Waals surface area contributed by atoms with Crippen LogP contribution in [0.25, 0.3) is 20.8 Å². The summed E-state index contributed by atoms with van der Waals surface area (Å²) >= 11 is 3.39. The molecule has 174 valence electrons. The molecule has 6 heterocycles. The van der Waals surface area contributed by atoms with Gasteiger partial charge in [-0.25, -0.2) is 4.98 Å². The molecule has 0 aliphatic carbocycles. The molecule has 7 nitrogen and oxygen atoms in total. The van der Waals surface area contributed by atoms with Gasteiger partial charge in [-0.3, -0.25) is 14.7 Å². The summed E-state index contributed by atoms with van der Waals surface area (Å²) < 4.78 is 1.13. The number of carbonyl (C=O) groups is 1. The molecule has 0 unspecified atom stereocenters. The number of thiophene rings is 1. The zero-order valence-electron chi connectivity index (χ0n) is 18.1. The van der Waals surface area contributed by atoms with Gasteiger partial charge in [-0.05, 0) is 44.0 Å². The maximum absolute atomic E-state index is 13.1. The largest absolute Gasteiger partial charge is 0.317 e. The molecule has 1 spiro atoms. The van der Waals surface area contributed by atoms with Crippen molar-refractivity contribution in [2.45, 2.75) is 44.2 Å². The Morgan fingerprint density at radius 1 is 1.28 bits per heavy atom. The van der Waals surface area contributed by atoms with E-state index >= 15 is 0 Å². The Morgan fingerprint density at radius 3 is 3.06 bits per heavy atom. The van der Waals surface area contributed by atoms with Crippen LogP contribution in [0.4, 0.5) is 5.00 Å². The number of hydrogen-bond acceptors (Lipinski definition) is 8. The van der Waals surface area contributed by atoms with Crippen LogP contribution in [0.3, 0.4) is 0 Å². The molecule has 3 aliphatic heterocycles. The summed E-state index contributed by atoms with van der Waals surface area (Å²) in [4.78, 5) is 26.0. The van der Waals surface area contributed by atoms with E-state index in [0.29, 0.717) is 12.0 Å². The molecule has 3 aliphatic rings. The van der Waals surface area contributed by atoms with Crippen molar-refractivity contribution in [2.24, 2.45) is 0 Å². The standard InChI is InChI=1S/C23H28N6OS2.3H2/c30-19(5-10-29-9-2-1-6-23(29)13-26-14-23)28-22-20(15-3-7-25-12-18(15)32-22)21-27-16-11-24-8-4-17(16)31-21;;;/h4,8,11,25-26H,1-3,5-7,9-10,12-14H2,(H,28,30);3*1H. The Bertz CT molecular complexity index is 1130. The highest BCUT2D eigenvalue weighted by molar-refractivity contribution is 7.22. The Hall–Kier alpha value is -1.91. The highest BCUT2D eigenvalue weighted by atomic mass is 32.1. The lowest BCUT2D eigenvalue weighted by Crippen LogP contribution is -2.70. The Kier molecular flexibility index (Phi) is 5.47. The minimum absolute atomic E-state index is 0. The maximum atomic E-state index is 13.1. The number of carbonyl (C=O) groups excluding carboxylic acids is 1. The molecule has 0 bridgehead atoms. The van der Waals surface area contributed by atoms with Gasteiger partial charge in [0.2, 0.25) is 5.91 Å². The van der Waals surface area contributed by atoms with Crippen LogP contribution in [0.5, 0.6) is 0 Å². The number of hydrogen-bond donors (Lipinski definition) is 3. The van der Waals surface area contributed by atoms with Gasteiger partial charge in [0, 0.05) is 59.1 Å². The van der Waals surface area contributed by atoms with Crippen molar-refractivity contribution in [2.75, 3.05) is 38.0 Å². The van der Waals surface area contributed by atoms with E-state index in [1.54, 1.807) is 22.7 Å². The smallest absolute Gasteiger partial charge is 0.226 e. The second-order valence-electron chi connectivity index (χ2n) is 9.07. The Balaban J connectivity index is 0.00000114. The number of pyridine rings is 1. The monoisotopic (exact) mass is 474 g/mol. The number of piperidine rings is 1. The molecule has 3 aromatic rings. The summed E-state index contributed by atoms with van der Waals surface area (Å²) in [6, 6.07) is 2.01. The van der Waals surface area contributed by atoms with Crippen molar-refractivity contribution < 1.29 is 9.07 Å². The number of rotatable bonds is 5. The van der Waals surface area contributed by atoms with E-state index in [4.69, 9.17) is 4.98 Å². The molecule has 2 fully saturated rings. The summed E-state index contributed by atoms with van der Waals surface area (Å²) in [6.45, 7) is 5.90. The molecular weight excluding hydrogens is 440 g/mol. The van der Waals surface area contributed by atoms with Crippen LogP contribution in [0.15, 0.2) is 18.5 Å². The zero-order valence-corrected chi connectivity index (χ0v) is 19.7. The lowest BCUT2D eigenvalue weighted by Gasteiger charge is -2.53. The first-order chi connectivity index (χ1) is 15.7. The van der Waals surface area contributed by atoms with E-state index in [-0.39, 0.29) is 10.2 Å². The summed E-state index contributed by atoms with van der Waals surface area (Å²) in [5.74, 6) is 0.105. The molecule has 0 aromatic carbocycles. The first kappa shape index (κ1) is 20.7. The third-order valence-corrected chi connectivity index (χ3v) is 9.29. The first-order valence-corrected chi connectivity index (χ1v) is 13.2. The third-order valence-electron chi connectivity index (χ3n) is 7.09. The van der Waals surface area contributed by atoms with Crippen LogP contribution in [-0.2, 0) is 17.8 Å². The lowest BCUT2D eigenvalue weighted by atomic mass is 9.81. The van der Waals surface area contributed by atoms with Crippen LogP contribution in [-0.4, -0.2) is 59.0 Å². The fourth-order valence-corrected chi connectivity index (χ4v) is 7.59. The minimum atomic E-state index is 0. The summed E-state index contributed by atoms with van der Waals surface area (Å²) in [5, 5.41) is 12.1. The van der Waals surface area contributed by atoms with Crippen molar-refractivity contribution >= 4 is 43.8 Å². The number of nitrogens with one attached hydrogen (secondary N) is 3. The topological polar surface area (TPSA) is 82.2 Å². The summed E-state index contributed by atoms with van der Waals surface area (Å²) in [5.41, 5.74) is 3.68. The number of fused-ring (bicyclic) bond motifs is 2. The van der Waals surface area contributed by atoms with Crippen molar-refractivity contribution in [1.82, 2.24) is 25.5 Å². The highest BCUT2D eigenvalue weighted by Gasteiger charge is 2.43. The molecule has 0 radical (unpaired) electrons. The van der Waals surface area contributed by atoms with Gasteiger partial charge in [0.15, 0.2) is 0 Å². The first-order valence-electron chi connectivity index (χ1n) is 11.5. The number of anilines is 1. The third kappa shape index (κ3) is 3.66. The SMILES string of the molecule is O=C(CCN1CCCCC12CNC2)Nc1sc2c(c1-c1nc3cnccc3s1)CCNC2.[HH].[HH].[HH]. The van der Waals surface area contributed by atoms with E-state index in [1.807, 2.05) is 18.5 Å². The molecule has 3 N–H and O–H groups in total. The van der Waals surface area contributed by atoms with E-state index in [9.17, 15) is 4.79 Å². The predicted octanol–water partition coefficient (Wildman–Crippen LogP) is 3.96. The normalized spacial score (nSPS) is 20.2. The van der Waals surface area contributed by atoms with Gasteiger partial charge in [0.05, 0.1) is 10.9 Å². The van der Waals surface area contributed by atoms with Gasteiger partial charge in [-0.1, -0.05) is 6.42 Å². The fourth-order valence-electron chi connectivity index (χ4n) is 5.28. The van der Waals surface area contributed by atoms with E-state index in [1.165, 1.54) is 29.7 Å². The number of thiazole rings is 1. The number of aromatic nitrogens is 2. The second kappa shape index (κ2) is 8.46. The minimum Gasteiger partial charge on any atom is -0.317 e. The van der Waals surface area contributed by atoms with Gasteiger partial charge in [-0.2, -0.15) is 0 Å². The van der Waals surface area contributed by atoms with Crippen molar-refractivity contribution in [3.8, 4) is 10.6 Å². The average Bonchev–Trinajstić information content (AvgIpc) is 3.37. The lowest BCUT2D eigenvalue weighted by molar-refractivity contribution is -0.117. The average molecular weight is 475 g/mol. The van der Waals surface area contributed by atoms with Crippen LogP contribution >= 0.6 is 22.7 Å². The molecule has 0 atom stereocenters. The van der Waals surface area contributed by atoms with Gasteiger partial charge in [0.1, 0.15) is 15.5 Å². The summed E-state index contributed by atoms with van der Waals surface area (Å²) in [6.07, 6.45) is 8.93. The van der Waals surface area contributed by atoms with Crippen molar-refractivity contribution in [3.05, 3.63) is 28.9 Å². The Labute approximate surface area is 200 Å². The number of likely N-dealkylation sites (tertiary alicyclic amines) is 1. The number of nitrogens with zero attached hydrogens (tertiary/aromatic N) is 3. The Morgan fingerprint density at radius 2 is 2.22 bits per heavy atom. The molecule has 1 amide bonds. The fraction of sp³-hybridized carbons (Fsp3) is 0.522. The van der Waals surface area contributed by atoms with Crippen LogP contribution < -0.4 is 16.0 Å². The molecule has 2 saturated heterocycles. The van der Waals surface area contributed by atoms with Crippen LogP contribution in [0, 0.1) is 0 Å². The van der Waals surface area contributed by atoms with E-state index in [0.717, 1.165) is 71.5 Å². The van der Waals surface area contributed by atoms with E-state index < -0.39 is 0 Å². The molecule has 3 aromatic heterocycles. The molecule has 0 saturated carbocycles. The summed E-state index contributed by atoms with van der Waals surface area (Å²) in [7, 11) is 0. The van der Waals surface area contributed by atoms with Gasteiger partial charge < -0.3 is 16.0 Å². The second-order valence-corrected chi connectivity index (χ2v) is 11.2. The van der Waals surface area contributed by atoms with Crippen LogP contribution in [0.2, 0.25) is 0 Å². The van der Waals surface area contributed by atoms with Gasteiger partial charge in [-0.15, -0.1) is 22.7 Å². The maximum Gasteiger partial charge on any atom is 0.226 e. The molecule has 6 rings (SSSR count). The molecule has 32 heavy (non-hydrogen) atoms. The van der Waals surface area contributed by atoms with E-state index in [2.05, 4.69) is 25.8 Å². The van der Waals surface area contributed by atoms with Crippen molar-refractivity contribution in [1.29, 1.82) is 0 Å². The van der Waals surface area contributed by atoms with Gasteiger partial charge >= 0.3 is 0 Å². The molecular formula is C23H34N6OS2. The van der Waals surface area contributed by atoms with Crippen LogP contribution in [0.1, 0.15) is 40.4 Å². The highest BCUT2D eigenvalue weighted by Crippen LogP contribution is 2.44. The number of amides is 1. The molecule has 9 heteroatoms. The zero-order chi connectivity index (χ0) is 21.5. The quantitative estimate of drug-likeness (QED) is 0.519. The predicted molar refractivity (Wildman–Crippen MR) is 137 cm³/mol. The van der Waals surface area contributed by atoms with Crippen molar-refractivity contribution in [3.63, 3.8) is 0 Å². The van der Waals surface area contributed by atoms with Gasteiger partial charge in [0.25, 0.3) is 0 Å².